The Morgan fingerprint density at radius 2 is 2.00 bits per heavy atom. The fourth-order valence-electron chi connectivity index (χ4n) is 1.38. The largest absolute Gasteiger partial charge is 0.394 e. The van der Waals surface area contributed by atoms with Gasteiger partial charge in [-0.1, -0.05) is 12.1 Å². The number of likely N-dealkylation sites (N-methyl/N-ethyl adjacent to an activating group) is 1. The van der Waals surface area contributed by atoms with Crippen LogP contribution in [0.5, 0.6) is 0 Å². The highest BCUT2D eigenvalue weighted by molar-refractivity contribution is 7.98. The zero-order chi connectivity index (χ0) is 13.1. The van der Waals surface area contributed by atoms with E-state index in [1.807, 2.05) is 44.4 Å². The number of carbonyl (C=O) groups excluding carboxylic acids is 1. The Balaban J connectivity index is 3.04. The lowest BCUT2D eigenvalue weighted by Gasteiger charge is -2.34. The standard InChI is InChI=1S/C13H19NO2S/c1-13(2,9-15)14(3)12(16)10-7-5-6-8-11(10)17-4/h5-8,15H,9H2,1-4H3. The Bertz CT molecular complexity index is 404. The molecular formula is C13H19NO2S. The van der Waals surface area contributed by atoms with Crippen LogP contribution in [0.1, 0.15) is 24.2 Å². The highest BCUT2D eigenvalue weighted by Gasteiger charge is 2.28. The molecule has 1 N–H and O–H groups in total. The number of benzene rings is 1. The average molecular weight is 253 g/mol. The molecule has 0 spiro atoms. The normalized spacial score (nSPS) is 11.4. The summed E-state index contributed by atoms with van der Waals surface area (Å²) in [4.78, 5) is 14.9. The van der Waals surface area contributed by atoms with Gasteiger partial charge in [0.2, 0.25) is 0 Å². The van der Waals surface area contributed by atoms with Gasteiger partial charge in [0.05, 0.1) is 17.7 Å². The highest BCUT2D eigenvalue weighted by atomic mass is 32.2. The minimum absolute atomic E-state index is 0.0589. The summed E-state index contributed by atoms with van der Waals surface area (Å²) in [5.74, 6) is -0.0611. The predicted octanol–water partition coefficient (Wildman–Crippen LogP) is 2.25. The van der Waals surface area contributed by atoms with Gasteiger partial charge < -0.3 is 10.0 Å². The molecule has 94 valence electrons. The number of amides is 1. The summed E-state index contributed by atoms with van der Waals surface area (Å²) in [6.45, 7) is 3.62. The zero-order valence-corrected chi connectivity index (χ0v) is 11.5. The number of thioether (sulfide) groups is 1. The molecule has 0 aliphatic heterocycles. The molecule has 0 heterocycles. The van der Waals surface area contributed by atoms with E-state index in [1.54, 1.807) is 23.7 Å². The van der Waals surface area contributed by atoms with E-state index in [1.165, 1.54) is 0 Å². The monoisotopic (exact) mass is 253 g/mol. The summed E-state index contributed by atoms with van der Waals surface area (Å²) in [7, 11) is 1.72. The van der Waals surface area contributed by atoms with Gasteiger partial charge in [-0.2, -0.15) is 0 Å². The van der Waals surface area contributed by atoms with Crippen molar-refractivity contribution >= 4 is 17.7 Å². The van der Waals surface area contributed by atoms with Gasteiger partial charge >= 0.3 is 0 Å². The molecule has 0 saturated heterocycles. The lowest BCUT2D eigenvalue weighted by molar-refractivity contribution is 0.0470. The van der Waals surface area contributed by atoms with Gasteiger partial charge in [-0.3, -0.25) is 4.79 Å². The summed E-state index contributed by atoms with van der Waals surface area (Å²) < 4.78 is 0. The zero-order valence-electron chi connectivity index (χ0n) is 10.7. The van der Waals surface area contributed by atoms with E-state index in [0.29, 0.717) is 5.56 Å². The number of aliphatic hydroxyl groups excluding tert-OH is 1. The molecule has 0 bridgehead atoms. The smallest absolute Gasteiger partial charge is 0.255 e. The molecule has 3 nitrogen and oxygen atoms in total. The van der Waals surface area contributed by atoms with E-state index in [9.17, 15) is 9.90 Å². The van der Waals surface area contributed by atoms with Crippen LogP contribution in [0, 0.1) is 0 Å². The predicted molar refractivity (Wildman–Crippen MR) is 71.5 cm³/mol. The number of carbonyl (C=O) groups is 1. The molecular weight excluding hydrogens is 234 g/mol. The van der Waals surface area contributed by atoms with E-state index in [4.69, 9.17) is 0 Å². The molecule has 0 radical (unpaired) electrons. The van der Waals surface area contributed by atoms with E-state index in [2.05, 4.69) is 0 Å². The van der Waals surface area contributed by atoms with Crippen molar-refractivity contribution in [3.8, 4) is 0 Å². The molecule has 1 aromatic carbocycles. The van der Waals surface area contributed by atoms with Crippen molar-refractivity contribution in [3.05, 3.63) is 29.8 Å². The maximum absolute atomic E-state index is 12.3. The lowest BCUT2D eigenvalue weighted by atomic mass is 10.0. The highest BCUT2D eigenvalue weighted by Crippen LogP contribution is 2.23. The third kappa shape index (κ3) is 3.01. The average Bonchev–Trinajstić information content (AvgIpc) is 2.36. The van der Waals surface area contributed by atoms with Crippen molar-refractivity contribution in [3.63, 3.8) is 0 Å². The third-order valence-corrected chi connectivity index (χ3v) is 3.73. The maximum atomic E-state index is 12.3. The topological polar surface area (TPSA) is 40.5 Å². The molecule has 17 heavy (non-hydrogen) atoms. The van der Waals surface area contributed by atoms with E-state index in [0.717, 1.165) is 4.90 Å². The first-order valence-electron chi connectivity index (χ1n) is 5.46. The Labute approximate surface area is 107 Å². The van der Waals surface area contributed by atoms with Crippen molar-refractivity contribution in [2.24, 2.45) is 0 Å². The first-order chi connectivity index (χ1) is 7.94. The van der Waals surface area contributed by atoms with Crippen molar-refractivity contribution in [2.45, 2.75) is 24.3 Å². The molecule has 0 unspecified atom stereocenters. The van der Waals surface area contributed by atoms with E-state index in [-0.39, 0.29) is 12.5 Å². The number of nitrogens with zero attached hydrogens (tertiary/aromatic N) is 1. The summed E-state index contributed by atoms with van der Waals surface area (Å²) in [6.07, 6.45) is 1.95. The van der Waals surface area contributed by atoms with Crippen molar-refractivity contribution in [2.75, 3.05) is 19.9 Å². The molecule has 0 saturated carbocycles. The molecule has 1 amide bonds. The molecule has 4 heteroatoms. The van der Waals surface area contributed by atoms with Crippen LogP contribution < -0.4 is 0 Å². The summed E-state index contributed by atoms with van der Waals surface area (Å²) in [6, 6.07) is 7.52. The van der Waals surface area contributed by atoms with Crippen LogP contribution in [0.25, 0.3) is 0 Å². The van der Waals surface area contributed by atoms with Gasteiger partial charge in [0.1, 0.15) is 0 Å². The summed E-state index contributed by atoms with van der Waals surface area (Å²) >= 11 is 1.55. The Kier molecular flexibility index (Phi) is 4.60. The van der Waals surface area contributed by atoms with Crippen LogP contribution in [-0.4, -0.2) is 41.4 Å². The number of rotatable bonds is 4. The van der Waals surface area contributed by atoms with Crippen molar-refractivity contribution in [1.82, 2.24) is 4.90 Å². The van der Waals surface area contributed by atoms with Crippen LogP contribution in [0.15, 0.2) is 29.2 Å². The second-order valence-electron chi connectivity index (χ2n) is 4.54. The summed E-state index contributed by atoms with van der Waals surface area (Å²) in [5.41, 5.74) is 0.131. The van der Waals surface area contributed by atoms with Gasteiger partial charge in [0.25, 0.3) is 5.91 Å². The van der Waals surface area contributed by atoms with Gasteiger partial charge in [-0.05, 0) is 32.2 Å². The third-order valence-electron chi connectivity index (χ3n) is 2.94. The van der Waals surface area contributed by atoms with Crippen LogP contribution >= 0.6 is 11.8 Å². The van der Waals surface area contributed by atoms with E-state index >= 15 is 0 Å². The second kappa shape index (κ2) is 5.56. The van der Waals surface area contributed by atoms with Gasteiger partial charge in [0, 0.05) is 11.9 Å². The van der Waals surface area contributed by atoms with Crippen LogP contribution in [0.3, 0.4) is 0 Å². The minimum Gasteiger partial charge on any atom is -0.394 e. The first-order valence-corrected chi connectivity index (χ1v) is 6.68. The first kappa shape index (κ1) is 14.1. The molecule has 0 atom stereocenters. The Hall–Kier alpha value is -1.00. The SMILES string of the molecule is CSc1ccccc1C(=O)N(C)C(C)(C)CO. The Morgan fingerprint density at radius 1 is 1.41 bits per heavy atom. The number of hydrogen-bond donors (Lipinski definition) is 1. The molecule has 0 aliphatic rings. The van der Waals surface area contributed by atoms with Gasteiger partial charge in [0.15, 0.2) is 0 Å². The minimum atomic E-state index is -0.553. The Morgan fingerprint density at radius 3 is 2.53 bits per heavy atom. The molecule has 1 aromatic rings. The second-order valence-corrected chi connectivity index (χ2v) is 5.38. The number of hydrogen-bond acceptors (Lipinski definition) is 3. The van der Waals surface area contributed by atoms with Crippen LogP contribution in [0.4, 0.5) is 0 Å². The van der Waals surface area contributed by atoms with Gasteiger partial charge in [-0.25, -0.2) is 0 Å². The number of aliphatic hydroxyl groups is 1. The van der Waals surface area contributed by atoms with Crippen LogP contribution in [0.2, 0.25) is 0 Å². The molecule has 0 aliphatic carbocycles. The fraction of sp³-hybridized carbons (Fsp3) is 0.462. The lowest BCUT2D eigenvalue weighted by Crippen LogP contribution is -2.47. The quantitative estimate of drug-likeness (QED) is 0.837. The van der Waals surface area contributed by atoms with Gasteiger partial charge in [-0.15, -0.1) is 11.8 Å². The fourth-order valence-corrected chi connectivity index (χ4v) is 1.97. The van der Waals surface area contributed by atoms with E-state index < -0.39 is 5.54 Å². The molecule has 1 rings (SSSR count). The van der Waals surface area contributed by atoms with Crippen LogP contribution in [-0.2, 0) is 0 Å². The molecule has 0 fully saturated rings. The van der Waals surface area contributed by atoms with Crippen molar-refractivity contribution < 1.29 is 9.90 Å². The van der Waals surface area contributed by atoms with Crippen molar-refractivity contribution in [1.29, 1.82) is 0 Å². The maximum Gasteiger partial charge on any atom is 0.255 e. The molecule has 0 aromatic heterocycles. The summed E-state index contributed by atoms with van der Waals surface area (Å²) in [5, 5.41) is 9.29.